The fourth-order valence-corrected chi connectivity index (χ4v) is 5.50. The Labute approximate surface area is 198 Å². The minimum atomic E-state index is -0.279. The molecule has 2 aromatic carbocycles. The molecule has 0 bridgehead atoms. The van der Waals surface area contributed by atoms with E-state index in [4.69, 9.17) is 4.74 Å². The van der Waals surface area contributed by atoms with Crippen LogP contribution in [0.2, 0.25) is 0 Å². The number of halogens is 1. The number of hydrogen-bond acceptors (Lipinski definition) is 7. The molecular formula is C24H21FN4O2S2. The van der Waals surface area contributed by atoms with E-state index >= 15 is 0 Å². The molecule has 1 amide bonds. The van der Waals surface area contributed by atoms with Crippen molar-refractivity contribution in [1.82, 2.24) is 9.97 Å². The number of fused-ring (bicyclic) bond motifs is 1. The second-order valence-corrected chi connectivity index (χ2v) is 9.32. The summed E-state index contributed by atoms with van der Waals surface area (Å²) < 4.78 is 18.7. The Morgan fingerprint density at radius 1 is 1.09 bits per heavy atom. The van der Waals surface area contributed by atoms with Crippen molar-refractivity contribution in [2.75, 3.05) is 42.3 Å². The first-order valence-corrected chi connectivity index (χ1v) is 12.4. The normalized spacial score (nSPS) is 13.9. The highest BCUT2D eigenvalue weighted by molar-refractivity contribution is 8.00. The Morgan fingerprint density at radius 2 is 1.85 bits per heavy atom. The van der Waals surface area contributed by atoms with Gasteiger partial charge >= 0.3 is 0 Å². The molecule has 1 N–H and O–H groups in total. The first-order chi connectivity index (χ1) is 16.2. The molecule has 33 heavy (non-hydrogen) atoms. The molecule has 0 saturated carbocycles. The number of nitrogens with zero attached hydrogens (tertiary/aromatic N) is 3. The van der Waals surface area contributed by atoms with Crippen molar-refractivity contribution in [2.24, 2.45) is 0 Å². The van der Waals surface area contributed by atoms with Crippen LogP contribution in [0.25, 0.3) is 21.3 Å². The van der Waals surface area contributed by atoms with E-state index in [1.165, 1.54) is 41.6 Å². The Bertz CT molecular complexity index is 1260. The van der Waals surface area contributed by atoms with Gasteiger partial charge in [-0.2, -0.15) is 0 Å². The molecular weight excluding hydrogens is 459 g/mol. The van der Waals surface area contributed by atoms with Crippen LogP contribution >= 0.6 is 23.1 Å². The van der Waals surface area contributed by atoms with Gasteiger partial charge in [0.05, 0.1) is 24.4 Å². The Kier molecular flexibility index (Phi) is 6.52. The van der Waals surface area contributed by atoms with Gasteiger partial charge in [0.25, 0.3) is 0 Å². The summed E-state index contributed by atoms with van der Waals surface area (Å²) in [4.78, 5) is 24.5. The van der Waals surface area contributed by atoms with Gasteiger partial charge in [-0.25, -0.2) is 14.4 Å². The van der Waals surface area contributed by atoms with Gasteiger partial charge in [0.1, 0.15) is 22.0 Å². The fourth-order valence-electron chi connectivity index (χ4n) is 3.71. The summed E-state index contributed by atoms with van der Waals surface area (Å²) >= 11 is 2.87. The van der Waals surface area contributed by atoms with Gasteiger partial charge in [0, 0.05) is 35.4 Å². The van der Waals surface area contributed by atoms with E-state index in [0.717, 1.165) is 64.0 Å². The Morgan fingerprint density at radius 3 is 2.61 bits per heavy atom. The van der Waals surface area contributed by atoms with E-state index in [9.17, 15) is 9.18 Å². The maximum absolute atomic E-state index is 13.3. The van der Waals surface area contributed by atoms with Crippen molar-refractivity contribution in [3.05, 3.63) is 66.1 Å². The first-order valence-electron chi connectivity index (χ1n) is 10.5. The molecule has 1 fully saturated rings. The van der Waals surface area contributed by atoms with Gasteiger partial charge in [0.15, 0.2) is 0 Å². The number of rotatable bonds is 6. The number of carbonyl (C=O) groups excluding carboxylic acids is 1. The SMILES string of the molecule is O=C(CSc1ncnc2scc(-c3ccc(F)cc3)c12)Nc1ccc(N2CCOCC2)cc1. The third-order valence-corrected chi connectivity index (χ3v) is 7.23. The lowest BCUT2D eigenvalue weighted by molar-refractivity contribution is -0.113. The summed E-state index contributed by atoms with van der Waals surface area (Å²) in [5.74, 6) is -0.168. The molecule has 4 aromatic rings. The van der Waals surface area contributed by atoms with Crippen molar-refractivity contribution in [2.45, 2.75) is 5.03 Å². The molecule has 9 heteroatoms. The number of thioether (sulfide) groups is 1. The molecule has 0 unspecified atom stereocenters. The molecule has 1 saturated heterocycles. The number of carbonyl (C=O) groups is 1. The molecule has 0 radical (unpaired) electrons. The average molecular weight is 481 g/mol. The number of hydrogen-bond donors (Lipinski definition) is 1. The smallest absolute Gasteiger partial charge is 0.234 e. The lowest BCUT2D eigenvalue weighted by Gasteiger charge is -2.28. The summed E-state index contributed by atoms with van der Waals surface area (Å²) in [6.07, 6.45) is 1.51. The van der Waals surface area contributed by atoms with Crippen LogP contribution in [0, 0.1) is 5.82 Å². The first kappa shape index (κ1) is 21.8. The standard InChI is InChI=1S/C24H21FN4O2S2/c25-17-3-1-16(2-4-17)20-13-32-23-22(20)24(27-15-26-23)33-14-21(30)28-18-5-7-19(8-6-18)29-9-11-31-12-10-29/h1-8,13,15H,9-12,14H2,(H,28,30). The minimum absolute atomic E-state index is 0.107. The van der Waals surface area contributed by atoms with Gasteiger partial charge < -0.3 is 15.0 Å². The number of thiophene rings is 1. The lowest BCUT2D eigenvalue weighted by atomic mass is 10.1. The van der Waals surface area contributed by atoms with E-state index in [0.29, 0.717) is 0 Å². The molecule has 3 heterocycles. The summed E-state index contributed by atoms with van der Waals surface area (Å²) in [6, 6.07) is 14.2. The van der Waals surface area contributed by atoms with Crippen LogP contribution in [-0.2, 0) is 9.53 Å². The van der Waals surface area contributed by atoms with E-state index in [-0.39, 0.29) is 17.5 Å². The number of amides is 1. The number of aromatic nitrogens is 2. The van der Waals surface area contributed by atoms with Crippen LogP contribution < -0.4 is 10.2 Å². The Hall–Kier alpha value is -3.01. The number of nitrogens with one attached hydrogen (secondary N) is 1. The van der Waals surface area contributed by atoms with Crippen LogP contribution in [0.1, 0.15) is 0 Å². The molecule has 168 valence electrons. The summed E-state index contributed by atoms with van der Waals surface area (Å²) in [5.41, 5.74) is 3.72. The molecule has 6 nitrogen and oxygen atoms in total. The molecule has 0 aliphatic carbocycles. The Balaban J connectivity index is 1.26. The highest BCUT2D eigenvalue weighted by atomic mass is 32.2. The number of morpholine rings is 1. The van der Waals surface area contributed by atoms with Crippen molar-refractivity contribution in [1.29, 1.82) is 0 Å². The molecule has 0 spiro atoms. The van der Waals surface area contributed by atoms with Gasteiger partial charge in [-0.1, -0.05) is 23.9 Å². The van der Waals surface area contributed by atoms with Crippen molar-refractivity contribution < 1.29 is 13.9 Å². The molecule has 5 rings (SSSR count). The van der Waals surface area contributed by atoms with Gasteiger partial charge in [-0.3, -0.25) is 4.79 Å². The lowest BCUT2D eigenvalue weighted by Crippen LogP contribution is -2.36. The summed E-state index contributed by atoms with van der Waals surface area (Å²) in [7, 11) is 0. The number of benzene rings is 2. The molecule has 1 aliphatic rings. The third-order valence-electron chi connectivity index (χ3n) is 5.36. The topological polar surface area (TPSA) is 67.4 Å². The van der Waals surface area contributed by atoms with Crippen LogP contribution in [0.3, 0.4) is 0 Å². The maximum Gasteiger partial charge on any atom is 0.234 e. The monoisotopic (exact) mass is 480 g/mol. The maximum atomic E-state index is 13.3. The number of anilines is 2. The van der Waals surface area contributed by atoms with E-state index in [1.807, 2.05) is 29.6 Å². The second kappa shape index (κ2) is 9.86. The van der Waals surface area contributed by atoms with Crippen molar-refractivity contribution in [3.63, 3.8) is 0 Å². The summed E-state index contributed by atoms with van der Waals surface area (Å²) in [6.45, 7) is 3.22. The van der Waals surface area contributed by atoms with Crippen molar-refractivity contribution in [3.8, 4) is 11.1 Å². The third kappa shape index (κ3) is 5.00. The van der Waals surface area contributed by atoms with Gasteiger partial charge in [-0.15, -0.1) is 11.3 Å². The quantitative estimate of drug-likeness (QED) is 0.307. The van der Waals surface area contributed by atoms with Crippen LogP contribution in [-0.4, -0.2) is 47.9 Å². The second-order valence-electron chi connectivity index (χ2n) is 7.50. The fraction of sp³-hybridized carbons (Fsp3) is 0.208. The van der Waals surface area contributed by atoms with Gasteiger partial charge in [-0.05, 0) is 42.0 Å². The van der Waals surface area contributed by atoms with E-state index < -0.39 is 0 Å². The highest BCUT2D eigenvalue weighted by Crippen LogP contribution is 2.37. The van der Waals surface area contributed by atoms with Crippen LogP contribution in [0.4, 0.5) is 15.8 Å². The van der Waals surface area contributed by atoms with E-state index in [1.54, 1.807) is 12.1 Å². The average Bonchev–Trinajstić information content (AvgIpc) is 3.29. The highest BCUT2D eigenvalue weighted by Gasteiger charge is 2.15. The zero-order valence-corrected chi connectivity index (χ0v) is 19.3. The molecule has 1 aliphatic heterocycles. The molecule has 2 aromatic heterocycles. The van der Waals surface area contributed by atoms with Crippen LogP contribution in [0.15, 0.2) is 65.3 Å². The minimum Gasteiger partial charge on any atom is -0.378 e. The largest absolute Gasteiger partial charge is 0.378 e. The molecule has 0 atom stereocenters. The van der Waals surface area contributed by atoms with E-state index in [2.05, 4.69) is 20.2 Å². The predicted molar refractivity (Wildman–Crippen MR) is 132 cm³/mol. The predicted octanol–water partition coefficient (Wildman–Crippen LogP) is 5.06. The zero-order chi connectivity index (χ0) is 22.6. The van der Waals surface area contributed by atoms with Gasteiger partial charge in [0.2, 0.25) is 5.91 Å². The zero-order valence-electron chi connectivity index (χ0n) is 17.7. The van der Waals surface area contributed by atoms with Crippen molar-refractivity contribution >= 4 is 50.6 Å². The van der Waals surface area contributed by atoms with Crippen LogP contribution in [0.5, 0.6) is 0 Å². The summed E-state index contributed by atoms with van der Waals surface area (Å²) in [5, 5.41) is 6.57. The number of ether oxygens (including phenoxy) is 1.